The molecule has 1 heterocycles. The highest BCUT2D eigenvalue weighted by Crippen LogP contribution is 2.17. The summed E-state index contributed by atoms with van der Waals surface area (Å²) in [5.74, 6) is 0.0578. The van der Waals surface area contributed by atoms with Crippen molar-refractivity contribution in [3.8, 4) is 0 Å². The van der Waals surface area contributed by atoms with Crippen molar-refractivity contribution < 1.29 is 4.79 Å². The quantitative estimate of drug-likeness (QED) is 0.841. The lowest BCUT2D eigenvalue weighted by Crippen LogP contribution is -2.34. The number of benzene rings is 1. The second kappa shape index (κ2) is 5.67. The molecule has 2 rings (SSSR count). The number of amides is 1. The number of nitrogens with zero attached hydrogens (tertiary/aromatic N) is 2. The number of likely N-dealkylation sites (tertiary alicyclic amines) is 1. The molecule has 4 nitrogen and oxygen atoms in total. The number of rotatable bonds is 3. The molecule has 1 aliphatic heterocycles. The lowest BCUT2D eigenvalue weighted by molar-refractivity contribution is 0.0783. The molecule has 0 spiro atoms. The molecule has 1 amide bonds. The van der Waals surface area contributed by atoms with Gasteiger partial charge in [-0.25, -0.2) is 0 Å². The van der Waals surface area contributed by atoms with Crippen LogP contribution in [0.2, 0.25) is 0 Å². The van der Waals surface area contributed by atoms with E-state index in [4.69, 9.17) is 18.0 Å². The van der Waals surface area contributed by atoms with Crippen molar-refractivity contribution in [2.75, 3.05) is 27.2 Å². The van der Waals surface area contributed by atoms with Crippen molar-refractivity contribution >= 4 is 23.1 Å². The number of hydrogen-bond donors (Lipinski definition) is 1. The molecule has 1 fully saturated rings. The molecular weight excluding hydrogens is 258 g/mol. The molecule has 1 unspecified atom stereocenters. The third kappa shape index (κ3) is 3.11. The summed E-state index contributed by atoms with van der Waals surface area (Å²) in [4.78, 5) is 16.8. The monoisotopic (exact) mass is 277 g/mol. The summed E-state index contributed by atoms with van der Waals surface area (Å²) in [6.45, 7) is 1.59. The van der Waals surface area contributed by atoms with E-state index in [0.29, 0.717) is 16.6 Å². The van der Waals surface area contributed by atoms with E-state index in [0.717, 1.165) is 25.1 Å². The van der Waals surface area contributed by atoms with Gasteiger partial charge in [-0.2, -0.15) is 0 Å². The standard InChI is InChI=1S/C14H19N3OS/c1-16(2)12-6-7-17(9-12)14(18)11-5-3-4-10(8-11)13(15)19/h3-5,8,12H,6-7,9H2,1-2H3,(H2,15,19). The summed E-state index contributed by atoms with van der Waals surface area (Å²) in [6, 6.07) is 7.68. The summed E-state index contributed by atoms with van der Waals surface area (Å²) in [5, 5.41) is 0. The van der Waals surface area contributed by atoms with Gasteiger partial charge in [-0.3, -0.25) is 4.79 Å². The van der Waals surface area contributed by atoms with Crippen LogP contribution >= 0.6 is 12.2 Å². The Bertz CT molecular complexity index is 501. The Labute approximate surface area is 119 Å². The predicted molar refractivity (Wildman–Crippen MR) is 80.3 cm³/mol. The van der Waals surface area contributed by atoms with Gasteiger partial charge >= 0.3 is 0 Å². The van der Waals surface area contributed by atoms with Crippen molar-refractivity contribution in [1.82, 2.24) is 9.80 Å². The summed E-state index contributed by atoms with van der Waals surface area (Å²) < 4.78 is 0. The van der Waals surface area contributed by atoms with Crippen LogP contribution in [0.4, 0.5) is 0 Å². The highest BCUT2D eigenvalue weighted by atomic mass is 32.1. The van der Waals surface area contributed by atoms with Gasteiger partial charge in [-0.15, -0.1) is 0 Å². The highest BCUT2D eigenvalue weighted by Gasteiger charge is 2.28. The zero-order chi connectivity index (χ0) is 14.0. The van der Waals surface area contributed by atoms with Crippen LogP contribution < -0.4 is 5.73 Å². The van der Waals surface area contributed by atoms with Crippen molar-refractivity contribution in [2.45, 2.75) is 12.5 Å². The Morgan fingerprint density at radius 2 is 2.11 bits per heavy atom. The van der Waals surface area contributed by atoms with Crippen LogP contribution in [0, 0.1) is 0 Å². The summed E-state index contributed by atoms with van der Waals surface area (Å²) in [7, 11) is 4.10. The zero-order valence-corrected chi connectivity index (χ0v) is 12.1. The minimum absolute atomic E-state index is 0.0578. The molecule has 102 valence electrons. The molecule has 1 saturated heterocycles. The fraction of sp³-hybridized carbons (Fsp3) is 0.429. The van der Waals surface area contributed by atoms with Crippen LogP contribution in [0.1, 0.15) is 22.3 Å². The maximum atomic E-state index is 12.4. The molecule has 1 atom stereocenters. The maximum absolute atomic E-state index is 12.4. The van der Waals surface area contributed by atoms with Crippen LogP contribution in [0.5, 0.6) is 0 Å². The first-order valence-corrected chi connectivity index (χ1v) is 6.75. The lowest BCUT2D eigenvalue weighted by Gasteiger charge is -2.20. The van der Waals surface area contributed by atoms with Gasteiger partial charge in [-0.05, 0) is 32.6 Å². The Hall–Kier alpha value is -1.46. The molecule has 2 N–H and O–H groups in total. The van der Waals surface area contributed by atoms with Gasteiger partial charge in [0.25, 0.3) is 5.91 Å². The molecule has 0 aliphatic carbocycles. The molecule has 0 saturated carbocycles. The fourth-order valence-corrected chi connectivity index (χ4v) is 2.46. The third-order valence-corrected chi connectivity index (χ3v) is 3.81. The second-order valence-corrected chi connectivity index (χ2v) is 5.54. The first-order chi connectivity index (χ1) is 8.99. The number of carbonyl (C=O) groups excluding carboxylic acids is 1. The SMILES string of the molecule is CN(C)C1CCN(C(=O)c2cccc(C(N)=S)c2)C1. The lowest BCUT2D eigenvalue weighted by atomic mass is 10.1. The third-order valence-electron chi connectivity index (χ3n) is 3.57. The normalized spacial score (nSPS) is 18.9. The minimum Gasteiger partial charge on any atom is -0.389 e. The Morgan fingerprint density at radius 3 is 2.68 bits per heavy atom. The van der Waals surface area contributed by atoms with Gasteiger partial charge in [0.1, 0.15) is 4.99 Å². The largest absolute Gasteiger partial charge is 0.389 e. The number of likely N-dealkylation sites (N-methyl/N-ethyl adjacent to an activating group) is 1. The number of carbonyl (C=O) groups is 1. The van der Waals surface area contributed by atoms with Gasteiger partial charge in [0, 0.05) is 30.3 Å². The zero-order valence-electron chi connectivity index (χ0n) is 11.3. The smallest absolute Gasteiger partial charge is 0.253 e. The van der Waals surface area contributed by atoms with E-state index in [9.17, 15) is 4.79 Å². The van der Waals surface area contributed by atoms with E-state index in [-0.39, 0.29) is 5.91 Å². The van der Waals surface area contributed by atoms with Gasteiger partial charge in [0.15, 0.2) is 0 Å². The number of thiocarbonyl (C=S) groups is 1. The molecule has 5 heteroatoms. The molecule has 1 aromatic rings. The number of nitrogens with two attached hydrogens (primary N) is 1. The average Bonchev–Trinajstić information content (AvgIpc) is 2.87. The van der Waals surface area contributed by atoms with Crippen LogP contribution in [-0.2, 0) is 0 Å². The van der Waals surface area contributed by atoms with Crippen LogP contribution in [0.25, 0.3) is 0 Å². The topological polar surface area (TPSA) is 49.6 Å². The first kappa shape index (κ1) is 14.0. The van der Waals surface area contributed by atoms with Crippen LogP contribution in [0.3, 0.4) is 0 Å². The second-order valence-electron chi connectivity index (χ2n) is 5.10. The first-order valence-electron chi connectivity index (χ1n) is 6.34. The van der Waals surface area contributed by atoms with Crippen molar-refractivity contribution in [3.05, 3.63) is 35.4 Å². The van der Waals surface area contributed by atoms with E-state index in [1.54, 1.807) is 6.07 Å². The molecule has 1 aliphatic rings. The van der Waals surface area contributed by atoms with E-state index in [1.165, 1.54) is 0 Å². The Kier molecular flexibility index (Phi) is 4.17. The molecule has 19 heavy (non-hydrogen) atoms. The maximum Gasteiger partial charge on any atom is 0.253 e. The summed E-state index contributed by atoms with van der Waals surface area (Å²) in [6.07, 6.45) is 1.02. The van der Waals surface area contributed by atoms with Crippen molar-refractivity contribution in [3.63, 3.8) is 0 Å². The summed E-state index contributed by atoms with van der Waals surface area (Å²) in [5.41, 5.74) is 7.00. The van der Waals surface area contributed by atoms with E-state index < -0.39 is 0 Å². The Morgan fingerprint density at radius 1 is 1.42 bits per heavy atom. The fourth-order valence-electron chi connectivity index (χ4n) is 2.34. The van der Waals surface area contributed by atoms with E-state index >= 15 is 0 Å². The van der Waals surface area contributed by atoms with Crippen LogP contribution in [-0.4, -0.2) is 53.9 Å². The average molecular weight is 277 g/mol. The van der Waals surface area contributed by atoms with Gasteiger partial charge in [0.2, 0.25) is 0 Å². The van der Waals surface area contributed by atoms with Crippen molar-refractivity contribution in [1.29, 1.82) is 0 Å². The summed E-state index contributed by atoms with van der Waals surface area (Å²) >= 11 is 4.94. The molecule has 0 radical (unpaired) electrons. The van der Waals surface area contributed by atoms with Crippen molar-refractivity contribution in [2.24, 2.45) is 5.73 Å². The minimum atomic E-state index is 0.0578. The molecule has 1 aromatic carbocycles. The predicted octanol–water partition coefficient (Wildman–Crippen LogP) is 1.10. The highest BCUT2D eigenvalue weighted by molar-refractivity contribution is 7.80. The van der Waals surface area contributed by atoms with Gasteiger partial charge < -0.3 is 15.5 Å². The van der Waals surface area contributed by atoms with Crippen LogP contribution in [0.15, 0.2) is 24.3 Å². The number of hydrogen-bond acceptors (Lipinski definition) is 3. The Balaban J connectivity index is 2.12. The molecule has 0 aromatic heterocycles. The van der Waals surface area contributed by atoms with E-state index in [2.05, 4.69) is 4.90 Å². The molecule has 0 bridgehead atoms. The van der Waals surface area contributed by atoms with Gasteiger partial charge in [-0.1, -0.05) is 24.4 Å². The molecular formula is C14H19N3OS. The van der Waals surface area contributed by atoms with E-state index in [1.807, 2.05) is 37.2 Å². The van der Waals surface area contributed by atoms with Gasteiger partial charge in [0.05, 0.1) is 0 Å².